The van der Waals surface area contributed by atoms with Crippen molar-refractivity contribution >= 4 is 35.2 Å². The van der Waals surface area contributed by atoms with E-state index in [-0.39, 0.29) is 47.9 Å². The van der Waals surface area contributed by atoms with Gasteiger partial charge in [0, 0.05) is 37.7 Å². The van der Waals surface area contributed by atoms with Crippen molar-refractivity contribution < 1.29 is 14.4 Å². The van der Waals surface area contributed by atoms with E-state index in [1.54, 1.807) is 11.9 Å². The van der Waals surface area contributed by atoms with Gasteiger partial charge in [-0.25, -0.2) is 0 Å². The summed E-state index contributed by atoms with van der Waals surface area (Å²) in [5, 5.41) is 9.00. The van der Waals surface area contributed by atoms with Gasteiger partial charge >= 0.3 is 0 Å². The van der Waals surface area contributed by atoms with Gasteiger partial charge in [0.2, 0.25) is 17.7 Å². The van der Waals surface area contributed by atoms with Gasteiger partial charge in [0.25, 0.3) is 0 Å². The maximum Gasteiger partial charge on any atom is 0.236 e. The second kappa shape index (κ2) is 8.55. The van der Waals surface area contributed by atoms with Crippen molar-refractivity contribution in [2.45, 2.75) is 43.3 Å². The first-order valence-corrected chi connectivity index (χ1v) is 9.84. The van der Waals surface area contributed by atoms with Crippen molar-refractivity contribution in [2.75, 3.05) is 17.7 Å². The summed E-state index contributed by atoms with van der Waals surface area (Å²) in [5.74, 6) is 0.0492. The summed E-state index contributed by atoms with van der Waals surface area (Å²) in [4.78, 5) is 37.8. The summed E-state index contributed by atoms with van der Waals surface area (Å²) < 4.78 is 0. The number of carbonyl (C=O) groups is 3. The third kappa shape index (κ3) is 5.47. The molecule has 26 heavy (non-hydrogen) atoms. The molecule has 3 N–H and O–H groups in total. The van der Waals surface area contributed by atoms with E-state index in [4.69, 9.17) is 0 Å². The van der Waals surface area contributed by atoms with Crippen LogP contribution in [0, 0.1) is 0 Å². The SMILES string of the molecule is CN(C(=O)CSC1NC(=O)CC(CC(=O)NC2CC2)N1)c1ccccc1. The molecule has 0 spiro atoms. The molecule has 1 aromatic carbocycles. The van der Waals surface area contributed by atoms with Crippen molar-refractivity contribution in [2.24, 2.45) is 0 Å². The van der Waals surface area contributed by atoms with E-state index in [2.05, 4.69) is 16.0 Å². The Hall–Kier alpha value is -2.06. The van der Waals surface area contributed by atoms with E-state index in [1.807, 2.05) is 30.3 Å². The van der Waals surface area contributed by atoms with Crippen LogP contribution in [-0.2, 0) is 14.4 Å². The monoisotopic (exact) mass is 376 g/mol. The van der Waals surface area contributed by atoms with Gasteiger partial charge in [0.1, 0.15) is 5.50 Å². The van der Waals surface area contributed by atoms with Crippen LogP contribution in [0.15, 0.2) is 30.3 Å². The number of para-hydroxylation sites is 1. The fourth-order valence-electron chi connectivity index (χ4n) is 2.75. The zero-order valence-electron chi connectivity index (χ0n) is 14.7. The lowest BCUT2D eigenvalue weighted by Crippen LogP contribution is -2.56. The van der Waals surface area contributed by atoms with Gasteiger partial charge in [-0.1, -0.05) is 18.2 Å². The summed E-state index contributed by atoms with van der Waals surface area (Å²) in [5.41, 5.74) is 0.455. The molecule has 1 heterocycles. The lowest BCUT2D eigenvalue weighted by molar-refractivity contribution is -0.125. The van der Waals surface area contributed by atoms with Crippen LogP contribution in [0.5, 0.6) is 0 Å². The Morgan fingerprint density at radius 1 is 1.27 bits per heavy atom. The number of rotatable bonds is 7. The van der Waals surface area contributed by atoms with Gasteiger partial charge in [-0.05, 0) is 25.0 Å². The second-order valence-electron chi connectivity index (χ2n) is 6.66. The first-order chi connectivity index (χ1) is 12.5. The zero-order chi connectivity index (χ0) is 18.5. The molecule has 2 aliphatic rings. The highest BCUT2D eigenvalue weighted by Crippen LogP contribution is 2.20. The highest BCUT2D eigenvalue weighted by molar-refractivity contribution is 8.00. The highest BCUT2D eigenvalue weighted by Gasteiger charge is 2.30. The number of benzene rings is 1. The molecule has 8 heteroatoms. The predicted molar refractivity (Wildman–Crippen MR) is 102 cm³/mol. The quantitative estimate of drug-likeness (QED) is 0.655. The van der Waals surface area contributed by atoms with Gasteiger partial charge in [0.15, 0.2) is 0 Å². The number of amides is 3. The number of nitrogens with one attached hydrogen (secondary N) is 3. The molecule has 2 unspecified atom stereocenters. The molecule has 2 fully saturated rings. The van der Waals surface area contributed by atoms with Gasteiger partial charge in [-0.2, -0.15) is 0 Å². The summed E-state index contributed by atoms with van der Waals surface area (Å²) >= 11 is 1.32. The third-order valence-corrected chi connectivity index (χ3v) is 5.38. The van der Waals surface area contributed by atoms with Gasteiger partial charge in [-0.3, -0.25) is 19.7 Å². The number of hydrogen-bond acceptors (Lipinski definition) is 5. The molecule has 0 radical (unpaired) electrons. The number of thioether (sulfide) groups is 1. The topological polar surface area (TPSA) is 90.5 Å². The van der Waals surface area contributed by atoms with Crippen LogP contribution in [-0.4, -0.2) is 48.1 Å². The molecule has 7 nitrogen and oxygen atoms in total. The smallest absolute Gasteiger partial charge is 0.236 e. The minimum atomic E-state index is -0.372. The number of nitrogens with zero attached hydrogens (tertiary/aromatic N) is 1. The molecule has 1 aliphatic carbocycles. The number of carbonyl (C=O) groups excluding carboxylic acids is 3. The fraction of sp³-hybridized carbons (Fsp3) is 0.500. The molecular weight excluding hydrogens is 352 g/mol. The molecule has 1 saturated carbocycles. The standard InChI is InChI=1S/C18H24N4O3S/c1-22(14-5-3-2-4-6-14)17(25)11-26-18-20-13(10-16(24)21-18)9-15(23)19-12-7-8-12/h2-6,12-13,18,20H,7-11H2,1H3,(H,19,23)(H,21,24). The van der Waals surface area contributed by atoms with Crippen molar-refractivity contribution in [1.29, 1.82) is 0 Å². The number of hydrogen-bond donors (Lipinski definition) is 3. The van der Waals surface area contributed by atoms with E-state index >= 15 is 0 Å². The molecule has 3 amide bonds. The van der Waals surface area contributed by atoms with E-state index in [9.17, 15) is 14.4 Å². The number of anilines is 1. The average molecular weight is 376 g/mol. The summed E-state index contributed by atoms with van der Waals surface area (Å²) in [6.45, 7) is 0. The highest BCUT2D eigenvalue weighted by atomic mass is 32.2. The van der Waals surface area contributed by atoms with Crippen molar-refractivity contribution in [3.8, 4) is 0 Å². The average Bonchev–Trinajstić information content (AvgIpc) is 3.43. The maximum atomic E-state index is 12.4. The van der Waals surface area contributed by atoms with Gasteiger partial charge < -0.3 is 15.5 Å². The van der Waals surface area contributed by atoms with Crippen LogP contribution in [0.3, 0.4) is 0 Å². The van der Waals surface area contributed by atoms with Crippen LogP contribution >= 0.6 is 11.8 Å². The Morgan fingerprint density at radius 3 is 2.69 bits per heavy atom. The summed E-state index contributed by atoms with van der Waals surface area (Å²) in [6.07, 6.45) is 2.63. The first-order valence-electron chi connectivity index (χ1n) is 8.79. The Morgan fingerprint density at radius 2 is 2.00 bits per heavy atom. The molecule has 3 rings (SSSR count). The third-order valence-electron chi connectivity index (χ3n) is 4.38. The maximum absolute atomic E-state index is 12.4. The van der Waals surface area contributed by atoms with Gasteiger partial charge in [0.05, 0.1) is 5.75 Å². The van der Waals surface area contributed by atoms with Crippen LogP contribution < -0.4 is 20.9 Å². The van der Waals surface area contributed by atoms with Crippen LogP contribution in [0.4, 0.5) is 5.69 Å². The Bertz CT molecular complexity index is 666. The van der Waals surface area contributed by atoms with Crippen molar-refractivity contribution in [3.63, 3.8) is 0 Å². The Kier molecular flexibility index (Phi) is 6.16. The lowest BCUT2D eigenvalue weighted by Gasteiger charge is -2.31. The molecular formula is C18H24N4O3S. The predicted octanol–water partition coefficient (Wildman–Crippen LogP) is 0.813. The van der Waals surface area contributed by atoms with Gasteiger partial charge in [-0.15, -0.1) is 11.8 Å². The second-order valence-corrected chi connectivity index (χ2v) is 7.75. The Labute approximate surface area is 157 Å². The molecule has 1 saturated heterocycles. The van der Waals surface area contributed by atoms with E-state index in [0.29, 0.717) is 6.04 Å². The molecule has 1 aliphatic heterocycles. The largest absolute Gasteiger partial charge is 0.353 e. The normalized spacial score (nSPS) is 22.4. The van der Waals surface area contributed by atoms with Crippen LogP contribution in [0.25, 0.3) is 0 Å². The van der Waals surface area contributed by atoms with Crippen LogP contribution in [0.1, 0.15) is 25.7 Å². The molecule has 2 atom stereocenters. The minimum absolute atomic E-state index is 0.0247. The van der Waals surface area contributed by atoms with E-state index < -0.39 is 0 Å². The first kappa shape index (κ1) is 18.7. The Balaban J connectivity index is 1.46. The summed E-state index contributed by atoms with van der Waals surface area (Å²) in [6, 6.07) is 9.52. The fourth-order valence-corrected chi connectivity index (χ4v) is 3.76. The molecule has 0 aromatic heterocycles. The summed E-state index contributed by atoms with van der Waals surface area (Å²) in [7, 11) is 1.73. The zero-order valence-corrected chi connectivity index (χ0v) is 15.6. The van der Waals surface area contributed by atoms with E-state index in [1.165, 1.54) is 11.8 Å². The molecule has 0 bridgehead atoms. The van der Waals surface area contributed by atoms with Crippen LogP contribution in [0.2, 0.25) is 0 Å². The van der Waals surface area contributed by atoms with E-state index in [0.717, 1.165) is 18.5 Å². The lowest BCUT2D eigenvalue weighted by atomic mass is 10.1. The minimum Gasteiger partial charge on any atom is -0.353 e. The molecule has 1 aromatic rings. The van der Waals surface area contributed by atoms with Crippen molar-refractivity contribution in [1.82, 2.24) is 16.0 Å². The van der Waals surface area contributed by atoms with Crippen molar-refractivity contribution in [3.05, 3.63) is 30.3 Å². The molecule has 140 valence electrons.